The number of ether oxygens (including phenoxy) is 2. The normalized spacial score (nSPS) is 23.0. The number of hydrogen-bond donors (Lipinski definition) is 0. The van der Waals surface area contributed by atoms with E-state index in [0.717, 1.165) is 0 Å². The molecule has 10 heteroatoms. The van der Waals surface area contributed by atoms with Crippen LogP contribution in [0, 0.1) is 10.1 Å². The van der Waals surface area contributed by atoms with Gasteiger partial charge in [-0.25, -0.2) is 14.6 Å². The molecule has 0 spiro atoms. The van der Waals surface area contributed by atoms with E-state index in [2.05, 4.69) is 0 Å². The number of hydrazine groups is 1. The lowest BCUT2D eigenvalue weighted by Gasteiger charge is -2.37. The molecule has 0 aliphatic carbocycles. The van der Waals surface area contributed by atoms with Crippen molar-refractivity contribution in [2.24, 2.45) is 0 Å². The number of non-ortho nitro benzene ring substituents is 1. The Balaban J connectivity index is 2.23. The molecule has 0 saturated carbocycles. The summed E-state index contributed by atoms with van der Waals surface area (Å²) < 4.78 is 10.5. The zero-order valence-electron chi connectivity index (χ0n) is 18.2. The van der Waals surface area contributed by atoms with E-state index in [1.807, 2.05) is 0 Å². The molecule has 2 aliphatic heterocycles. The maximum Gasteiger partial charge on any atom is 0.338 e. The number of nitro benzene ring substituents is 1. The van der Waals surface area contributed by atoms with E-state index in [-0.39, 0.29) is 48.9 Å². The molecule has 3 rings (SSSR count). The van der Waals surface area contributed by atoms with Gasteiger partial charge in [0, 0.05) is 25.1 Å². The molecule has 0 aromatic heterocycles. The van der Waals surface area contributed by atoms with Crippen LogP contribution in [-0.4, -0.2) is 59.1 Å². The second-order valence-corrected chi connectivity index (χ2v) is 7.24. The largest absolute Gasteiger partial charge is 0.463 e. The highest BCUT2D eigenvalue weighted by molar-refractivity contribution is 5.99. The Hall–Kier alpha value is -3.53. The van der Waals surface area contributed by atoms with Crippen molar-refractivity contribution in [2.75, 3.05) is 26.3 Å². The average Bonchev–Trinajstić information content (AvgIpc) is 3.10. The third-order valence-corrected chi connectivity index (χ3v) is 5.41. The molecule has 0 N–H and O–H groups in total. The molecule has 1 amide bonds. The highest BCUT2D eigenvalue weighted by Gasteiger charge is 2.41. The summed E-state index contributed by atoms with van der Waals surface area (Å²) in [5.41, 5.74) is 1.20. The van der Waals surface area contributed by atoms with Crippen molar-refractivity contribution in [1.29, 1.82) is 0 Å². The fourth-order valence-electron chi connectivity index (χ4n) is 3.94. The number of carbonyl (C=O) groups is 3. The van der Waals surface area contributed by atoms with Crippen LogP contribution in [-0.2, 0) is 23.9 Å². The van der Waals surface area contributed by atoms with Crippen molar-refractivity contribution in [2.45, 2.75) is 33.2 Å². The highest BCUT2D eigenvalue weighted by Crippen LogP contribution is 2.39. The van der Waals surface area contributed by atoms with Gasteiger partial charge in [-0.1, -0.05) is 12.1 Å². The minimum atomic E-state index is -0.778. The van der Waals surface area contributed by atoms with Crippen LogP contribution < -0.4 is 0 Å². The van der Waals surface area contributed by atoms with Crippen LogP contribution in [0.5, 0.6) is 0 Å². The molecule has 2 aliphatic rings. The molecule has 2 heterocycles. The lowest BCUT2D eigenvalue weighted by atomic mass is 9.90. The van der Waals surface area contributed by atoms with E-state index in [1.165, 1.54) is 17.1 Å². The Bertz CT molecular complexity index is 997. The molecular formula is C22H25N3O7. The minimum absolute atomic E-state index is 0.0977. The SMILES string of the molecule is CCOC(=O)C1=C/CN2C(=O)CCN2[C@@H](c2ccc([N+](=O)[O-])cc2)/C(C(=O)OCC)=C\1C. The summed E-state index contributed by atoms with van der Waals surface area (Å²) in [6.07, 6.45) is 1.82. The van der Waals surface area contributed by atoms with Gasteiger partial charge < -0.3 is 9.47 Å². The first-order valence-electron chi connectivity index (χ1n) is 10.4. The Morgan fingerprint density at radius 3 is 2.34 bits per heavy atom. The van der Waals surface area contributed by atoms with Gasteiger partial charge in [0.2, 0.25) is 5.91 Å². The molecule has 1 aromatic carbocycles. The second kappa shape index (κ2) is 9.73. The van der Waals surface area contributed by atoms with Crippen LogP contribution in [0.25, 0.3) is 0 Å². The van der Waals surface area contributed by atoms with Crippen molar-refractivity contribution < 1.29 is 28.8 Å². The van der Waals surface area contributed by atoms with E-state index >= 15 is 0 Å². The fourth-order valence-corrected chi connectivity index (χ4v) is 3.94. The molecule has 0 unspecified atom stereocenters. The third kappa shape index (κ3) is 4.40. The van der Waals surface area contributed by atoms with Crippen molar-refractivity contribution in [3.05, 3.63) is 62.7 Å². The zero-order chi connectivity index (χ0) is 23.4. The Morgan fingerprint density at radius 1 is 1.12 bits per heavy atom. The molecular weight excluding hydrogens is 418 g/mol. The summed E-state index contributed by atoms with van der Waals surface area (Å²) >= 11 is 0. The highest BCUT2D eigenvalue weighted by atomic mass is 16.6. The first kappa shape index (κ1) is 23.1. The Morgan fingerprint density at radius 2 is 1.75 bits per heavy atom. The molecule has 0 bridgehead atoms. The lowest BCUT2D eigenvalue weighted by Crippen LogP contribution is -2.44. The Labute approximate surface area is 185 Å². The zero-order valence-corrected chi connectivity index (χ0v) is 18.2. The third-order valence-electron chi connectivity index (χ3n) is 5.41. The van der Waals surface area contributed by atoms with Crippen LogP contribution in [0.2, 0.25) is 0 Å². The predicted molar refractivity (Wildman–Crippen MR) is 113 cm³/mol. The molecule has 1 fully saturated rings. The number of hydrogen-bond acceptors (Lipinski definition) is 8. The van der Waals surface area contributed by atoms with Gasteiger partial charge in [0.25, 0.3) is 5.69 Å². The number of rotatable bonds is 6. The van der Waals surface area contributed by atoms with Gasteiger partial charge in [0.15, 0.2) is 0 Å². The molecule has 170 valence electrons. The topological polar surface area (TPSA) is 119 Å². The number of benzene rings is 1. The number of carbonyl (C=O) groups excluding carboxylic acids is 3. The quantitative estimate of drug-likeness (QED) is 0.374. The molecule has 1 atom stereocenters. The number of amides is 1. The van der Waals surface area contributed by atoms with Crippen molar-refractivity contribution in [1.82, 2.24) is 10.0 Å². The Kier molecular flexibility index (Phi) is 7.04. The molecule has 1 saturated heterocycles. The summed E-state index contributed by atoms with van der Waals surface area (Å²) in [6.45, 7) is 5.73. The van der Waals surface area contributed by atoms with E-state index in [1.54, 1.807) is 44.0 Å². The number of nitro groups is 1. The molecule has 10 nitrogen and oxygen atoms in total. The van der Waals surface area contributed by atoms with E-state index in [0.29, 0.717) is 17.7 Å². The minimum Gasteiger partial charge on any atom is -0.463 e. The van der Waals surface area contributed by atoms with Gasteiger partial charge in [-0.3, -0.25) is 19.9 Å². The lowest BCUT2D eigenvalue weighted by molar-refractivity contribution is -0.384. The van der Waals surface area contributed by atoms with Crippen LogP contribution in [0.4, 0.5) is 5.69 Å². The van der Waals surface area contributed by atoms with Gasteiger partial charge in [-0.15, -0.1) is 0 Å². The molecule has 0 radical (unpaired) electrons. The maximum absolute atomic E-state index is 13.1. The van der Waals surface area contributed by atoms with Gasteiger partial charge in [-0.05, 0) is 38.0 Å². The van der Waals surface area contributed by atoms with Crippen LogP contribution in [0.15, 0.2) is 47.1 Å². The summed E-state index contributed by atoms with van der Waals surface area (Å²) in [5.74, 6) is -1.39. The summed E-state index contributed by atoms with van der Waals surface area (Å²) in [6, 6.07) is 5.00. The second-order valence-electron chi connectivity index (χ2n) is 7.24. The molecule has 32 heavy (non-hydrogen) atoms. The van der Waals surface area contributed by atoms with Crippen LogP contribution in [0.3, 0.4) is 0 Å². The van der Waals surface area contributed by atoms with E-state index < -0.39 is 22.9 Å². The summed E-state index contributed by atoms with van der Waals surface area (Å²) in [4.78, 5) is 49.0. The van der Waals surface area contributed by atoms with Crippen molar-refractivity contribution in [3.63, 3.8) is 0 Å². The summed E-state index contributed by atoms with van der Waals surface area (Å²) in [7, 11) is 0. The first-order chi connectivity index (χ1) is 15.3. The number of fused-ring (bicyclic) bond motifs is 1. The number of nitrogens with zero attached hydrogens (tertiary/aromatic N) is 3. The van der Waals surface area contributed by atoms with Gasteiger partial charge in [0.1, 0.15) is 0 Å². The predicted octanol–water partition coefficient (Wildman–Crippen LogP) is 2.47. The van der Waals surface area contributed by atoms with Gasteiger partial charge in [0.05, 0.1) is 41.9 Å². The van der Waals surface area contributed by atoms with Crippen LogP contribution in [0.1, 0.15) is 38.8 Å². The van der Waals surface area contributed by atoms with E-state index in [4.69, 9.17) is 9.47 Å². The van der Waals surface area contributed by atoms with Gasteiger partial charge >= 0.3 is 11.9 Å². The van der Waals surface area contributed by atoms with Gasteiger partial charge in [-0.2, -0.15) is 0 Å². The standard InChI is InChI=1S/C22H25N3O7/c1-4-31-21(27)17-10-12-23-18(26)11-13-24(23)20(19(14(17)3)22(28)32-5-2)15-6-8-16(9-7-15)25(29)30/h6-10,20H,4-5,11-13H2,1-3H3/b17-10+,19-14+/t20-/m0/s1. The van der Waals surface area contributed by atoms with E-state index in [9.17, 15) is 24.5 Å². The fraction of sp³-hybridized carbons (Fsp3) is 0.409. The average molecular weight is 443 g/mol. The smallest absolute Gasteiger partial charge is 0.338 e. The monoisotopic (exact) mass is 443 g/mol. The van der Waals surface area contributed by atoms with Crippen molar-refractivity contribution in [3.8, 4) is 0 Å². The first-order valence-corrected chi connectivity index (χ1v) is 10.4. The molecule has 1 aromatic rings. The maximum atomic E-state index is 13.1. The van der Waals surface area contributed by atoms with Crippen LogP contribution >= 0.6 is 0 Å². The summed E-state index contributed by atoms with van der Waals surface area (Å²) in [5, 5.41) is 14.3. The van der Waals surface area contributed by atoms with Crippen molar-refractivity contribution >= 4 is 23.5 Å². The number of esters is 2.